The SMILES string of the molecule is C.C.C.C.C.CC(C)(C)OC(=O)OC(=O)OC(C)(C)C.CCO.CCc1cccc(N)c1.CCc1cccc(NS(C)(=O)=O)c1.CCc1cccc([N+](=O)[O-])c1.CS(=O)(=O)Cl.CS(=O)(=O)Nc1cccc(CN)c1.Cl.NCc1cccc([N+](=O)[O-])c1. The van der Waals surface area contributed by atoms with E-state index in [1.807, 2.05) is 62.4 Å². The fourth-order valence-corrected chi connectivity index (χ4v) is 6.26. The second-order valence-corrected chi connectivity index (χ2v) is 24.8. The van der Waals surface area contributed by atoms with Crippen LogP contribution >= 0.6 is 23.1 Å². The van der Waals surface area contributed by atoms with Crippen molar-refractivity contribution in [1.29, 1.82) is 0 Å². The molecule has 0 spiro atoms. The summed E-state index contributed by atoms with van der Waals surface area (Å²) < 4.78 is 80.9. The predicted octanol–water partition coefficient (Wildman–Crippen LogP) is 13.8. The minimum absolute atomic E-state index is 0. The summed E-state index contributed by atoms with van der Waals surface area (Å²) in [5, 5.41) is 28.1. The van der Waals surface area contributed by atoms with E-state index in [4.69, 9.17) is 31.8 Å². The molecule has 5 aromatic carbocycles. The van der Waals surface area contributed by atoms with Gasteiger partial charge in [-0.05, 0) is 132 Å². The van der Waals surface area contributed by atoms with Crippen LogP contribution in [-0.2, 0) is 75.7 Å². The van der Waals surface area contributed by atoms with Crippen molar-refractivity contribution in [3.63, 3.8) is 0 Å². The standard InChI is InChI=1S/C10H18O5.C9H13NO2S.C8H12N2O2S.C8H9NO2.C8H11N.C7H8N2O2.C2H6O.CH3ClO2S.5CH4.ClH/c1-9(2,3)14-7(11)13-8(12)15-10(4,5)6;1-3-8-5-4-6-9(7-8)10-13(2,11)12;1-13(11,12)10-8-4-2-3-7(5-8)6-9;1-2-7-4-3-5-8(6-7)9(10)11;1-2-7-4-3-5-8(9)6-7;8-5-6-2-1-3-7(4-6)9(10)11;1-2-3;1-5(2,3)4;;;;;;/h1-6H3;4-7,10H,3H2,1-2H3;2-5,10H,6,9H2,1H3;3-6H,2H2,1H3;3-6H,2,9H2,1H3;1-4H,5,8H2;3H,2H2,1H3;1H3;5*1H4;1H. The van der Waals surface area contributed by atoms with E-state index in [-0.39, 0.29) is 72.4 Å². The number of ether oxygens (including phenoxy) is 3. The van der Waals surface area contributed by atoms with E-state index in [0.29, 0.717) is 24.5 Å². The van der Waals surface area contributed by atoms with Gasteiger partial charge in [0.2, 0.25) is 29.1 Å². The maximum atomic E-state index is 11.0. The summed E-state index contributed by atoms with van der Waals surface area (Å²) in [5.74, 6) is 0. The smallest absolute Gasteiger partial charge is 0.428 e. The molecule has 0 aliphatic heterocycles. The van der Waals surface area contributed by atoms with Crippen molar-refractivity contribution >= 4 is 92.9 Å². The first-order valence-corrected chi connectivity index (χ1v) is 30.7. The van der Waals surface area contributed by atoms with Crippen LogP contribution in [0.2, 0.25) is 0 Å². The topological polar surface area (TPSA) is 373 Å². The van der Waals surface area contributed by atoms with Crippen LogP contribution in [0.1, 0.15) is 134 Å². The number of nitrogens with two attached hydrogens (primary N) is 3. The number of nitrogens with one attached hydrogen (secondary N) is 2. The molecule has 0 radical (unpaired) electrons. The number of nitro benzene ring substituents is 2. The molecule has 86 heavy (non-hydrogen) atoms. The maximum absolute atomic E-state index is 11.0. The van der Waals surface area contributed by atoms with E-state index in [1.54, 1.807) is 97.0 Å². The van der Waals surface area contributed by atoms with E-state index in [1.165, 1.54) is 23.8 Å². The van der Waals surface area contributed by atoms with Gasteiger partial charge in [0.25, 0.3) is 11.4 Å². The Labute approximate surface area is 525 Å². The van der Waals surface area contributed by atoms with Crippen LogP contribution in [0.5, 0.6) is 0 Å². The van der Waals surface area contributed by atoms with Crippen molar-refractivity contribution in [2.45, 2.75) is 150 Å². The molecule has 0 saturated carbocycles. The molecular formula is C58H101Cl2N7O16S3. The highest BCUT2D eigenvalue weighted by atomic mass is 35.7. The molecule has 0 saturated heterocycles. The lowest BCUT2D eigenvalue weighted by molar-refractivity contribution is -0.385. The van der Waals surface area contributed by atoms with Crippen LogP contribution in [0.25, 0.3) is 0 Å². The van der Waals surface area contributed by atoms with E-state index < -0.39 is 57.5 Å². The number of hydrogen-bond acceptors (Lipinski definition) is 19. The zero-order chi connectivity index (χ0) is 62.5. The number of aliphatic hydroxyl groups excluding tert-OH is 1. The summed E-state index contributed by atoms with van der Waals surface area (Å²) in [6.45, 7) is 18.8. The first kappa shape index (κ1) is 98.4. The molecular weight excluding hydrogens is 1220 g/mol. The molecule has 28 heteroatoms. The Balaban J connectivity index is -0.000000114. The summed E-state index contributed by atoms with van der Waals surface area (Å²) in [6.07, 6.45) is 3.86. The summed E-state index contributed by atoms with van der Waals surface area (Å²) in [4.78, 5) is 41.7. The molecule has 496 valence electrons. The Kier molecular flexibility index (Phi) is 57.8. The normalized spacial score (nSPS) is 9.78. The molecule has 0 aliphatic carbocycles. The second-order valence-electron chi connectivity index (χ2n) is 18.2. The summed E-state index contributed by atoms with van der Waals surface area (Å²) in [5.41, 5.74) is 22.2. The number of sulfonamides is 2. The minimum atomic E-state index is -3.19. The molecule has 0 amide bonds. The molecule has 5 rings (SSSR count). The van der Waals surface area contributed by atoms with Crippen LogP contribution in [0, 0.1) is 20.2 Å². The number of carbonyl (C=O) groups excluding carboxylic acids is 2. The molecule has 0 fully saturated rings. The lowest BCUT2D eigenvalue weighted by atomic mass is 10.1. The third-order valence-corrected chi connectivity index (χ3v) is 9.51. The largest absolute Gasteiger partial charge is 0.519 e. The van der Waals surface area contributed by atoms with Crippen molar-refractivity contribution in [2.75, 3.05) is 40.6 Å². The zero-order valence-corrected chi connectivity index (χ0v) is 52.0. The minimum Gasteiger partial charge on any atom is -0.428 e. The highest BCUT2D eigenvalue weighted by Gasteiger charge is 2.24. The molecule has 0 heterocycles. The average Bonchev–Trinajstić information content (AvgIpc) is 3.32. The number of aryl methyl sites for hydroxylation is 3. The van der Waals surface area contributed by atoms with Crippen molar-refractivity contribution < 1.29 is 64.0 Å². The predicted molar refractivity (Wildman–Crippen MR) is 359 cm³/mol. The molecule has 0 aliphatic rings. The molecule has 0 atom stereocenters. The highest BCUT2D eigenvalue weighted by molar-refractivity contribution is 8.13. The second kappa shape index (κ2) is 50.5. The number of non-ortho nitro benzene ring substituents is 2. The number of benzene rings is 5. The maximum Gasteiger partial charge on any atom is 0.519 e. The fraction of sp³-hybridized carbons (Fsp3) is 0.448. The number of nitro groups is 2. The number of anilines is 3. The monoisotopic (exact) mass is 1320 g/mol. The molecule has 0 unspecified atom stereocenters. The number of hydrogen-bond donors (Lipinski definition) is 6. The van der Waals surface area contributed by atoms with Gasteiger partial charge in [-0.1, -0.05) is 119 Å². The number of nitrogen functional groups attached to an aromatic ring is 1. The van der Waals surface area contributed by atoms with E-state index >= 15 is 0 Å². The molecule has 0 bridgehead atoms. The van der Waals surface area contributed by atoms with E-state index in [2.05, 4.69) is 37.9 Å². The zero-order valence-electron chi connectivity index (χ0n) is 48.0. The fourth-order valence-electron chi connectivity index (χ4n) is 5.15. The Morgan fingerprint density at radius 1 is 0.535 bits per heavy atom. The van der Waals surface area contributed by atoms with Gasteiger partial charge in [-0.3, -0.25) is 29.7 Å². The van der Waals surface area contributed by atoms with Gasteiger partial charge in [-0.25, -0.2) is 34.8 Å². The van der Waals surface area contributed by atoms with Gasteiger partial charge < -0.3 is 36.5 Å². The number of aliphatic hydroxyl groups is 1. The van der Waals surface area contributed by atoms with Crippen LogP contribution < -0.4 is 26.6 Å². The van der Waals surface area contributed by atoms with Crippen molar-refractivity contribution in [1.82, 2.24) is 0 Å². The van der Waals surface area contributed by atoms with Gasteiger partial charge >= 0.3 is 12.3 Å². The Bertz CT molecular complexity index is 2830. The highest BCUT2D eigenvalue weighted by Crippen LogP contribution is 2.16. The van der Waals surface area contributed by atoms with Crippen LogP contribution in [0.3, 0.4) is 0 Å². The van der Waals surface area contributed by atoms with Gasteiger partial charge in [-0.2, -0.15) is 0 Å². The van der Waals surface area contributed by atoms with Crippen LogP contribution in [0.4, 0.5) is 38.0 Å². The van der Waals surface area contributed by atoms with Gasteiger partial charge in [0.15, 0.2) is 0 Å². The van der Waals surface area contributed by atoms with Gasteiger partial charge in [-0.15, -0.1) is 12.4 Å². The number of halogens is 2. The first-order valence-electron chi connectivity index (χ1n) is 24.2. The summed E-state index contributed by atoms with van der Waals surface area (Å²) in [7, 11) is -5.04. The van der Waals surface area contributed by atoms with Crippen molar-refractivity contribution in [3.05, 3.63) is 169 Å². The van der Waals surface area contributed by atoms with Crippen LogP contribution in [-0.4, -0.2) is 89.1 Å². The van der Waals surface area contributed by atoms with E-state index in [9.17, 15) is 55.1 Å². The molecule has 5 aromatic rings. The Hall–Kier alpha value is -6.65. The van der Waals surface area contributed by atoms with Gasteiger partial charge in [0, 0.05) is 71.7 Å². The molecule has 0 aromatic heterocycles. The third-order valence-electron chi connectivity index (χ3n) is 8.30. The van der Waals surface area contributed by atoms with Crippen molar-refractivity contribution in [3.8, 4) is 0 Å². The lowest BCUT2D eigenvalue weighted by Crippen LogP contribution is -2.29. The third kappa shape index (κ3) is 61.9. The number of nitrogens with zero attached hydrogens (tertiary/aromatic N) is 2. The quantitative estimate of drug-likeness (QED) is 0.0179. The Morgan fingerprint density at radius 2 is 0.791 bits per heavy atom. The Morgan fingerprint density at radius 3 is 1.06 bits per heavy atom. The van der Waals surface area contributed by atoms with Gasteiger partial charge in [0.1, 0.15) is 11.2 Å². The molecule has 23 nitrogen and oxygen atoms in total. The van der Waals surface area contributed by atoms with Crippen molar-refractivity contribution in [2.24, 2.45) is 11.5 Å². The molecule has 9 N–H and O–H groups in total. The summed E-state index contributed by atoms with van der Waals surface area (Å²) >= 11 is 0. The van der Waals surface area contributed by atoms with E-state index in [0.717, 1.165) is 66.0 Å². The van der Waals surface area contributed by atoms with Crippen LogP contribution in [0.15, 0.2) is 121 Å². The number of rotatable bonds is 11. The lowest BCUT2D eigenvalue weighted by Gasteiger charge is -2.20. The van der Waals surface area contributed by atoms with Gasteiger partial charge in [0.05, 0.1) is 28.6 Å². The summed E-state index contributed by atoms with van der Waals surface area (Å²) in [6, 6.07) is 35.3. The number of carbonyl (C=O) groups is 2. The average molecular weight is 1320 g/mol. The first-order chi connectivity index (χ1) is 36.7.